The minimum absolute atomic E-state index is 0.216. The largest absolute Gasteiger partial charge is 0.472 e. The molecule has 0 aliphatic carbocycles. The van der Waals surface area contributed by atoms with E-state index in [1.165, 1.54) is 6.20 Å². The molecule has 0 atom stereocenters. The molecule has 3 aromatic rings. The van der Waals surface area contributed by atoms with Gasteiger partial charge in [-0.05, 0) is 30.2 Å². The molecule has 2 heterocycles. The Balaban J connectivity index is 1.66. The molecule has 1 N–H and O–H groups in total. The van der Waals surface area contributed by atoms with Crippen molar-refractivity contribution in [2.75, 3.05) is 6.54 Å². The first-order valence-electron chi connectivity index (χ1n) is 6.34. The highest BCUT2D eigenvalue weighted by molar-refractivity contribution is 5.93. The fraction of sp³-hybridized carbons (Fsp3) is 0.133. The number of hydrogen-bond donors (Lipinski definition) is 1. The predicted octanol–water partition coefficient (Wildman–Crippen LogP) is 2.20. The fourth-order valence-electron chi connectivity index (χ4n) is 1.91. The Bertz CT molecular complexity index is 723. The van der Waals surface area contributed by atoms with Gasteiger partial charge in [0, 0.05) is 6.54 Å². The normalized spacial score (nSPS) is 10.6. The van der Waals surface area contributed by atoms with Crippen LogP contribution in [0.4, 0.5) is 0 Å². The van der Waals surface area contributed by atoms with E-state index in [4.69, 9.17) is 4.42 Å². The van der Waals surface area contributed by atoms with Crippen LogP contribution in [0.2, 0.25) is 0 Å². The second-order valence-corrected chi connectivity index (χ2v) is 4.38. The van der Waals surface area contributed by atoms with Crippen LogP contribution in [-0.4, -0.2) is 22.4 Å². The zero-order valence-electron chi connectivity index (χ0n) is 10.7. The number of carbonyl (C=O) groups excluding carboxylic acids is 1. The summed E-state index contributed by atoms with van der Waals surface area (Å²) in [5, 5.41) is 2.82. The zero-order valence-corrected chi connectivity index (χ0v) is 10.7. The summed E-state index contributed by atoms with van der Waals surface area (Å²) in [6.07, 6.45) is 5.51. The smallest absolute Gasteiger partial charge is 0.271 e. The van der Waals surface area contributed by atoms with Gasteiger partial charge in [-0.2, -0.15) is 0 Å². The third kappa shape index (κ3) is 2.66. The maximum absolute atomic E-state index is 12.0. The molecule has 1 amide bonds. The Hall–Kier alpha value is -2.69. The minimum atomic E-state index is -0.216. The monoisotopic (exact) mass is 267 g/mol. The van der Waals surface area contributed by atoms with Gasteiger partial charge in [-0.3, -0.25) is 9.78 Å². The predicted molar refractivity (Wildman–Crippen MR) is 74.3 cm³/mol. The summed E-state index contributed by atoms with van der Waals surface area (Å²) < 4.78 is 4.97. The lowest BCUT2D eigenvalue weighted by atomic mass is 10.2. The first-order chi connectivity index (χ1) is 9.83. The molecule has 0 unspecified atom stereocenters. The highest BCUT2D eigenvalue weighted by Crippen LogP contribution is 2.08. The highest BCUT2D eigenvalue weighted by Gasteiger charge is 2.08. The molecule has 2 aromatic heterocycles. The lowest BCUT2D eigenvalue weighted by Crippen LogP contribution is -2.26. The van der Waals surface area contributed by atoms with Crippen LogP contribution in [0.25, 0.3) is 11.0 Å². The Morgan fingerprint density at radius 3 is 2.85 bits per heavy atom. The van der Waals surface area contributed by atoms with Crippen LogP contribution in [0.5, 0.6) is 0 Å². The van der Waals surface area contributed by atoms with Crippen LogP contribution < -0.4 is 5.32 Å². The van der Waals surface area contributed by atoms with Gasteiger partial charge >= 0.3 is 0 Å². The van der Waals surface area contributed by atoms with E-state index in [1.54, 1.807) is 12.5 Å². The number of carbonyl (C=O) groups is 1. The van der Waals surface area contributed by atoms with Gasteiger partial charge in [-0.1, -0.05) is 12.1 Å². The maximum atomic E-state index is 12.0. The molecule has 0 aliphatic heterocycles. The Labute approximate surface area is 115 Å². The summed E-state index contributed by atoms with van der Waals surface area (Å²) in [7, 11) is 0. The Morgan fingerprint density at radius 1 is 1.20 bits per heavy atom. The fourth-order valence-corrected chi connectivity index (χ4v) is 1.91. The molecular formula is C15H13N3O2. The third-order valence-corrected chi connectivity index (χ3v) is 2.96. The minimum Gasteiger partial charge on any atom is -0.472 e. The van der Waals surface area contributed by atoms with Crippen molar-refractivity contribution in [2.45, 2.75) is 6.42 Å². The molecule has 5 nitrogen and oxygen atoms in total. The molecule has 0 fully saturated rings. The van der Waals surface area contributed by atoms with Crippen LogP contribution in [0.15, 0.2) is 53.5 Å². The molecule has 0 radical (unpaired) electrons. The van der Waals surface area contributed by atoms with Crippen molar-refractivity contribution in [3.05, 3.63) is 60.3 Å². The first-order valence-corrected chi connectivity index (χ1v) is 6.34. The van der Waals surface area contributed by atoms with Crippen LogP contribution in [0.1, 0.15) is 16.1 Å². The highest BCUT2D eigenvalue weighted by atomic mass is 16.3. The van der Waals surface area contributed by atoms with Crippen molar-refractivity contribution in [3.63, 3.8) is 0 Å². The van der Waals surface area contributed by atoms with Gasteiger partial charge < -0.3 is 9.73 Å². The summed E-state index contributed by atoms with van der Waals surface area (Å²) in [6, 6.07) is 9.34. The van der Waals surface area contributed by atoms with E-state index in [0.29, 0.717) is 12.2 Å². The van der Waals surface area contributed by atoms with Crippen molar-refractivity contribution >= 4 is 16.9 Å². The van der Waals surface area contributed by atoms with Crippen molar-refractivity contribution in [1.82, 2.24) is 15.3 Å². The average molecular weight is 267 g/mol. The van der Waals surface area contributed by atoms with Gasteiger partial charge in [0.05, 0.1) is 29.8 Å². The van der Waals surface area contributed by atoms with Crippen LogP contribution in [0.3, 0.4) is 0 Å². The molecule has 5 heteroatoms. The number of rotatable bonds is 4. The number of benzene rings is 1. The van der Waals surface area contributed by atoms with Crippen molar-refractivity contribution in [1.29, 1.82) is 0 Å². The van der Waals surface area contributed by atoms with E-state index in [0.717, 1.165) is 23.0 Å². The number of amides is 1. The number of aromatic nitrogens is 2. The van der Waals surface area contributed by atoms with Gasteiger partial charge in [0.1, 0.15) is 5.69 Å². The number of furan rings is 1. The summed E-state index contributed by atoms with van der Waals surface area (Å²) in [5.74, 6) is -0.216. The number of nitrogens with one attached hydrogen (secondary N) is 1. The van der Waals surface area contributed by atoms with E-state index in [2.05, 4.69) is 15.3 Å². The molecule has 0 saturated heterocycles. The molecule has 0 bridgehead atoms. The second-order valence-electron chi connectivity index (χ2n) is 4.38. The summed E-state index contributed by atoms with van der Waals surface area (Å²) in [4.78, 5) is 20.5. The van der Waals surface area contributed by atoms with Crippen LogP contribution in [0, 0.1) is 0 Å². The lowest BCUT2D eigenvalue weighted by molar-refractivity contribution is 0.0949. The Morgan fingerprint density at radius 2 is 2.05 bits per heavy atom. The lowest BCUT2D eigenvalue weighted by Gasteiger charge is -2.04. The van der Waals surface area contributed by atoms with Gasteiger partial charge in [-0.25, -0.2) is 4.98 Å². The molecule has 0 aliphatic rings. The molecule has 100 valence electrons. The van der Waals surface area contributed by atoms with Gasteiger partial charge in [0.15, 0.2) is 0 Å². The van der Waals surface area contributed by atoms with Crippen LogP contribution in [-0.2, 0) is 6.42 Å². The topological polar surface area (TPSA) is 68.0 Å². The Kier molecular flexibility index (Phi) is 3.41. The second kappa shape index (κ2) is 5.52. The SMILES string of the molecule is O=C(NCCc1ccoc1)c1cnc2ccccc2n1. The van der Waals surface area contributed by atoms with E-state index in [9.17, 15) is 4.79 Å². The van der Waals surface area contributed by atoms with Crippen molar-refractivity contribution in [3.8, 4) is 0 Å². The molecular weight excluding hydrogens is 254 g/mol. The molecule has 3 rings (SSSR count). The first kappa shape index (κ1) is 12.3. The molecule has 1 aromatic carbocycles. The number of para-hydroxylation sites is 2. The van der Waals surface area contributed by atoms with Gasteiger partial charge in [0.2, 0.25) is 0 Å². The quantitative estimate of drug-likeness (QED) is 0.786. The van der Waals surface area contributed by atoms with E-state index >= 15 is 0 Å². The zero-order chi connectivity index (χ0) is 13.8. The molecule has 20 heavy (non-hydrogen) atoms. The summed E-state index contributed by atoms with van der Waals surface area (Å²) >= 11 is 0. The van der Waals surface area contributed by atoms with Gasteiger partial charge in [0.25, 0.3) is 5.91 Å². The standard InChI is InChI=1S/C15H13N3O2/c19-15(16-7-5-11-6-8-20-10-11)14-9-17-12-3-1-2-4-13(12)18-14/h1-4,6,8-10H,5,7H2,(H,16,19). The van der Waals surface area contributed by atoms with E-state index in [1.807, 2.05) is 30.3 Å². The summed E-state index contributed by atoms with van der Waals surface area (Å²) in [5.41, 5.74) is 2.88. The van der Waals surface area contributed by atoms with E-state index < -0.39 is 0 Å². The maximum Gasteiger partial charge on any atom is 0.271 e. The van der Waals surface area contributed by atoms with Gasteiger partial charge in [-0.15, -0.1) is 0 Å². The average Bonchev–Trinajstić information content (AvgIpc) is 3.00. The van der Waals surface area contributed by atoms with Crippen molar-refractivity contribution in [2.24, 2.45) is 0 Å². The number of hydrogen-bond acceptors (Lipinski definition) is 4. The molecule has 0 saturated carbocycles. The number of fused-ring (bicyclic) bond motifs is 1. The van der Waals surface area contributed by atoms with Crippen LogP contribution >= 0.6 is 0 Å². The summed E-state index contributed by atoms with van der Waals surface area (Å²) in [6.45, 7) is 0.535. The molecule has 0 spiro atoms. The van der Waals surface area contributed by atoms with Crippen molar-refractivity contribution < 1.29 is 9.21 Å². The third-order valence-electron chi connectivity index (χ3n) is 2.96. The number of nitrogens with zero attached hydrogens (tertiary/aromatic N) is 2. The van der Waals surface area contributed by atoms with E-state index in [-0.39, 0.29) is 5.91 Å².